The van der Waals surface area contributed by atoms with Crippen molar-refractivity contribution in [1.82, 2.24) is 4.57 Å². The summed E-state index contributed by atoms with van der Waals surface area (Å²) in [4.78, 5) is 2.35. The van der Waals surface area contributed by atoms with Crippen LogP contribution >= 0.6 is 0 Å². The van der Waals surface area contributed by atoms with Crippen LogP contribution in [0.5, 0.6) is 0 Å². The molecule has 2 aromatic rings. The maximum absolute atomic E-state index is 9.44. The Bertz CT molecular complexity index is 658. The Kier molecular flexibility index (Phi) is 4.34. The molecule has 3 rings (SSSR count). The van der Waals surface area contributed by atoms with Gasteiger partial charge in [-0.2, -0.15) is 5.26 Å². The molecule has 0 spiro atoms. The Morgan fingerprint density at radius 2 is 1.73 bits per heavy atom. The van der Waals surface area contributed by atoms with Crippen LogP contribution in [-0.2, 0) is 6.54 Å². The van der Waals surface area contributed by atoms with Crippen molar-refractivity contribution >= 4 is 11.5 Å². The zero-order valence-electron chi connectivity index (χ0n) is 12.8. The van der Waals surface area contributed by atoms with Gasteiger partial charge in [0.05, 0.1) is 12.2 Å². The number of nitrogen functional groups attached to an aromatic ring is 1. The number of nitrogens with two attached hydrogens (primary N) is 1. The van der Waals surface area contributed by atoms with Crippen molar-refractivity contribution < 1.29 is 0 Å². The summed E-state index contributed by atoms with van der Waals surface area (Å²) >= 11 is 0. The summed E-state index contributed by atoms with van der Waals surface area (Å²) in [6, 6.07) is 14.3. The first-order chi connectivity index (χ1) is 10.8. The van der Waals surface area contributed by atoms with Crippen molar-refractivity contribution in [3.8, 4) is 6.07 Å². The van der Waals surface area contributed by atoms with Gasteiger partial charge in [-0.3, -0.25) is 0 Å². The molecule has 0 atom stereocenters. The number of hydrogen-bond donors (Lipinski definition) is 1. The first-order valence-corrected chi connectivity index (χ1v) is 7.97. The third-order valence-corrected chi connectivity index (χ3v) is 4.30. The van der Waals surface area contributed by atoms with E-state index in [1.807, 2.05) is 24.3 Å². The number of anilines is 2. The molecule has 1 aliphatic heterocycles. The van der Waals surface area contributed by atoms with E-state index in [4.69, 9.17) is 5.73 Å². The lowest BCUT2D eigenvalue weighted by Gasteiger charge is -2.25. The highest BCUT2D eigenvalue weighted by Crippen LogP contribution is 2.30. The molecule has 4 nitrogen and oxygen atoms in total. The number of hydrogen-bond acceptors (Lipinski definition) is 3. The smallest absolute Gasteiger partial charge is 0.133 e. The summed E-state index contributed by atoms with van der Waals surface area (Å²) in [5.74, 6) is 1.02. The summed E-state index contributed by atoms with van der Waals surface area (Å²) in [5, 5.41) is 9.44. The van der Waals surface area contributed by atoms with E-state index in [1.165, 1.54) is 31.2 Å². The van der Waals surface area contributed by atoms with Crippen LogP contribution in [0.15, 0.2) is 36.4 Å². The lowest BCUT2D eigenvalue weighted by atomic mass is 10.2. The summed E-state index contributed by atoms with van der Waals surface area (Å²) < 4.78 is 2.07. The molecule has 22 heavy (non-hydrogen) atoms. The molecule has 1 aliphatic rings. The van der Waals surface area contributed by atoms with Gasteiger partial charge in [0, 0.05) is 13.1 Å². The molecule has 2 N–H and O–H groups in total. The van der Waals surface area contributed by atoms with Gasteiger partial charge in [-0.1, -0.05) is 43.2 Å². The highest BCUT2D eigenvalue weighted by Gasteiger charge is 2.20. The van der Waals surface area contributed by atoms with E-state index in [0.29, 0.717) is 12.2 Å². The van der Waals surface area contributed by atoms with Crippen LogP contribution in [0.25, 0.3) is 0 Å². The average molecular weight is 294 g/mol. The van der Waals surface area contributed by atoms with Crippen molar-refractivity contribution in [3.63, 3.8) is 0 Å². The monoisotopic (exact) mass is 294 g/mol. The van der Waals surface area contributed by atoms with Crippen LogP contribution in [0.1, 0.15) is 36.9 Å². The second kappa shape index (κ2) is 6.57. The van der Waals surface area contributed by atoms with Crippen LogP contribution in [0.2, 0.25) is 0 Å². The van der Waals surface area contributed by atoms with Gasteiger partial charge in [-0.15, -0.1) is 0 Å². The van der Waals surface area contributed by atoms with Crippen LogP contribution in [0.3, 0.4) is 0 Å². The van der Waals surface area contributed by atoms with Gasteiger partial charge in [-0.25, -0.2) is 0 Å². The van der Waals surface area contributed by atoms with Crippen LogP contribution in [0, 0.1) is 11.3 Å². The molecule has 0 bridgehead atoms. The molecule has 1 aromatic carbocycles. The largest absolute Gasteiger partial charge is 0.396 e. The quantitative estimate of drug-likeness (QED) is 0.944. The normalized spacial score (nSPS) is 15.3. The lowest BCUT2D eigenvalue weighted by Crippen LogP contribution is -2.27. The van der Waals surface area contributed by atoms with Crippen molar-refractivity contribution in [1.29, 1.82) is 5.26 Å². The van der Waals surface area contributed by atoms with E-state index in [-0.39, 0.29) is 0 Å². The third-order valence-electron chi connectivity index (χ3n) is 4.30. The minimum Gasteiger partial charge on any atom is -0.396 e. The molecule has 0 radical (unpaired) electrons. The second-order valence-corrected chi connectivity index (χ2v) is 5.89. The van der Waals surface area contributed by atoms with Crippen LogP contribution in [-0.4, -0.2) is 17.7 Å². The predicted octanol–water partition coefficient (Wildman–Crippen LogP) is 3.37. The maximum atomic E-state index is 9.44. The molecule has 1 saturated heterocycles. The second-order valence-electron chi connectivity index (χ2n) is 5.89. The topological polar surface area (TPSA) is 58.0 Å². The van der Waals surface area contributed by atoms with Crippen molar-refractivity contribution in [2.75, 3.05) is 23.7 Å². The van der Waals surface area contributed by atoms with Gasteiger partial charge < -0.3 is 15.2 Å². The zero-order valence-corrected chi connectivity index (χ0v) is 12.8. The molecule has 1 aromatic heterocycles. The van der Waals surface area contributed by atoms with Crippen molar-refractivity contribution in [2.24, 2.45) is 0 Å². The Labute approximate surface area is 131 Å². The fourth-order valence-electron chi connectivity index (χ4n) is 3.21. The van der Waals surface area contributed by atoms with Crippen LogP contribution in [0.4, 0.5) is 11.5 Å². The molecule has 0 saturated carbocycles. The Morgan fingerprint density at radius 1 is 1.05 bits per heavy atom. The van der Waals surface area contributed by atoms with Gasteiger partial charge in [0.1, 0.15) is 17.6 Å². The Morgan fingerprint density at radius 3 is 2.36 bits per heavy atom. The Hall–Kier alpha value is -2.41. The fourth-order valence-corrected chi connectivity index (χ4v) is 3.21. The summed E-state index contributed by atoms with van der Waals surface area (Å²) in [7, 11) is 0. The standard InChI is InChI=1S/C18H22N4/c19-13-16-12-17(20)18(21-10-6-1-2-7-11-21)22(16)14-15-8-4-3-5-9-15/h3-5,8-9,12H,1-2,6-7,10-11,14,20H2. The van der Waals surface area contributed by atoms with E-state index in [0.717, 1.165) is 24.6 Å². The first-order valence-electron chi connectivity index (χ1n) is 7.97. The minimum atomic E-state index is 0.639. The van der Waals surface area contributed by atoms with Crippen molar-refractivity contribution in [2.45, 2.75) is 32.2 Å². The zero-order chi connectivity index (χ0) is 15.4. The van der Waals surface area contributed by atoms with Gasteiger partial charge >= 0.3 is 0 Å². The Balaban J connectivity index is 1.98. The highest BCUT2D eigenvalue weighted by molar-refractivity contribution is 5.68. The minimum absolute atomic E-state index is 0.639. The molecule has 1 fully saturated rings. The highest BCUT2D eigenvalue weighted by atomic mass is 15.3. The molecule has 4 heteroatoms. The molecular weight excluding hydrogens is 272 g/mol. The number of nitriles is 1. The van der Waals surface area contributed by atoms with Gasteiger partial charge in [0.25, 0.3) is 0 Å². The van der Waals surface area contributed by atoms with E-state index >= 15 is 0 Å². The fraction of sp³-hybridized carbons (Fsp3) is 0.389. The number of rotatable bonds is 3. The molecular formula is C18H22N4. The number of aromatic nitrogens is 1. The average Bonchev–Trinajstić information content (AvgIpc) is 2.72. The van der Waals surface area contributed by atoms with Gasteiger partial charge in [0.15, 0.2) is 0 Å². The van der Waals surface area contributed by atoms with E-state index < -0.39 is 0 Å². The first kappa shape index (κ1) is 14.5. The van der Waals surface area contributed by atoms with E-state index in [2.05, 4.69) is 27.7 Å². The molecule has 0 aliphatic carbocycles. The number of nitrogens with zero attached hydrogens (tertiary/aromatic N) is 3. The summed E-state index contributed by atoms with van der Waals surface area (Å²) in [6.45, 7) is 2.73. The number of benzene rings is 1. The summed E-state index contributed by atoms with van der Waals surface area (Å²) in [6.07, 6.45) is 4.94. The van der Waals surface area contributed by atoms with Crippen molar-refractivity contribution in [3.05, 3.63) is 47.7 Å². The maximum Gasteiger partial charge on any atom is 0.133 e. The van der Waals surface area contributed by atoms with Gasteiger partial charge in [-0.05, 0) is 24.5 Å². The van der Waals surface area contributed by atoms with Crippen LogP contribution < -0.4 is 10.6 Å². The predicted molar refractivity (Wildman–Crippen MR) is 89.8 cm³/mol. The van der Waals surface area contributed by atoms with E-state index in [9.17, 15) is 5.26 Å². The summed E-state index contributed by atoms with van der Waals surface area (Å²) in [5.41, 5.74) is 8.78. The molecule has 0 unspecified atom stereocenters. The van der Waals surface area contributed by atoms with Gasteiger partial charge in [0.2, 0.25) is 0 Å². The van der Waals surface area contributed by atoms with E-state index in [1.54, 1.807) is 0 Å². The SMILES string of the molecule is N#Cc1cc(N)c(N2CCCCCC2)n1Cc1ccccc1. The molecule has 0 amide bonds. The molecule has 2 heterocycles. The lowest BCUT2D eigenvalue weighted by molar-refractivity contribution is 0.715. The third kappa shape index (κ3) is 2.94. The molecule has 114 valence electrons.